The summed E-state index contributed by atoms with van der Waals surface area (Å²) in [4.78, 5) is 31.6. The zero-order chi connectivity index (χ0) is 20.4. The molecular weight excluding hydrogens is 366 g/mol. The molecule has 1 N–H and O–H groups in total. The first-order valence-electron chi connectivity index (χ1n) is 9.49. The van der Waals surface area contributed by atoms with E-state index in [0.717, 1.165) is 17.5 Å². The quantitative estimate of drug-likeness (QED) is 0.723. The van der Waals surface area contributed by atoms with Crippen LogP contribution in [0.15, 0.2) is 60.8 Å². The first-order chi connectivity index (χ1) is 14.0. The van der Waals surface area contributed by atoms with Gasteiger partial charge in [-0.1, -0.05) is 25.1 Å². The van der Waals surface area contributed by atoms with E-state index in [1.807, 2.05) is 43.3 Å². The molecule has 4 rings (SSSR count). The summed E-state index contributed by atoms with van der Waals surface area (Å²) >= 11 is 0. The molecule has 3 aromatic rings. The van der Waals surface area contributed by atoms with Gasteiger partial charge in [0.05, 0.1) is 5.69 Å². The van der Waals surface area contributed by atoms with Crippen molar-refractivity contribution in [2.24, 2.45) is 0 Å². The maximum atomic E-state index is 13.2. The average molecular weight is 387 g/mol. The lowest BCUT2D eigenvalue weighted by Gasteiger charge is -2.22. The Bertz CT molecular complexity index is 1090. The number of anilines is 2. The first-order valence-corrected chi connectivity index (χ1v) is 9.49. The molecule has 1 aliphatic rings. The monoisotopic (exact) mass is 387 g/mol. The highest BCUT2D eigenvalue weighted by Crippen LogP contribution is 2.38. The Morgan fingerprint density at radius 1 is 1.14 bits per heavy atom. The Kier molecular flexibility index (Phi) is 4.99. The fourth-order valence-electron chi connectivity index (χ4n) is 3.29. The predicted molar refractivity (Wildman–Crippen MR) is 112 cm³/mol. The number of carbonyl (C=O) groups is 2. The van der Waals surface area contributed by atoms with Gasteiger partial charge in [-0.2, -0.15) is 0 Å². The molecule has 1 aliphatic heterocycles. The van der Waals surface area contributed by atoms with Gasteiger partial charge < -0.3 is 10.1 Å². The summed E-state index contributed by atoms with van der Waals surface area (Å²) in [5.41, 5.74) is 3.66. The number of benzene rings is 2. The van der Waals surface area contributed by atoms with E-state index < -0.39 is 0 Å². The largest absolute Gasteiger partial charge is 0.436 e. The topological polar surface area (TPSA) is 71.5 Å². The van der Waals surface area contributed by atoms with Gasteiger partial charge in [0.25, 0.3) is 5.91 Å². The van der Waals surface area contributed by atoms with Crippen LogP contribution < -0.4 is 15.0 Å². The number of fused-ring (bicyclic) bond motifs is 2. The SMILES string of the molecule is CCc1cccc(NC(=O)CN2C(=O)c3cccnc3Oc3ccc(C)cc32)c1. The van der Waals surface area contributed by atoms with Gasteiger partial charge >= 0.3 is 0 Å². The Labute approximate surface area is 169 Å². The highest BCUT2D eigenvalue weighted by atomic mass is 16.5. The van der Waals surface area contributed by atoms with Crippen LogP contribution in [0, 0.1) is 6.92 Å². The molecule has 0 saturated heterocycles. The minimum Gasteiger partial charge on any atom is -0.436 e. The summed E-state index contributed by atoms with van der Waals surface area (Å²) < 4.78 is 5.88. The van der Waals surface area contributed by atoms with Crippen molar-refractivity contribution in [1.29, 1.82) is 0 Å². The molecule has 1 aromatic heterocycles. The fraction of sp³-hybridized carbons (Fsp3) is 0.174. The summed E-state index contributed by atoms with van der Waals surface area (Å²) in [6.45, 7) is 3.85. The number of amides is 2. The molecule has 29 heavy (non-hydrogen) atoms. The van der Waals surface area contributed by atoms with Gasteiger partial charge in [0.1, 0.15) is 12.1 Å². The Morgan fingerprint density at radius 3 is 2.83 bits per heavy atom. The Hall–Kier alpha value is -3.67. The van der Waals surface area contributed by atoms with Crippen molar-refractivity contribution in [2.75, 3.05) is 16.8 Å². The minimum absolute atomic E-state index is 0.136. The van der Waals surface area contributed by atoms with E-state index in [4.69, 9.17) is 4.74 Å². The molecule has 146 valence electrons. The summed E-state index contributed by atoms with van der Waals surface area (Å²) in [7, 11) is 0. The zero-order valence-corrected chi connectivity index (χ0v) is 16.3. The molecule has 0 radical (unpaired) electrons. The molecule has 0 bridgehead atoms. The third kappa shape index (κ3) is 3.82. The second-order valence-electron chi connectivity index (χ2n) is 6.92. The summed E-state index contributed by atoms with van der Waals surface area (Å²) in [5, 5.41) is 2.89. The highest BCUT2D eigenvalue weighted by molar-refractivity contribution is 6.12. The smallest absolute Gasteiger partial charge is 0.264 e. The summed E-state index contributed by atoms with van der Waals surface area (Å²) in [6, 6.07) is 16.5. The molecule has 6 heteroatoms. The van der Waals surface area contributed by atoms with Crippen molar-refractivity contribution in [2.45, 2.75) is 20.3 Å². The molecule has 6 nitrogen and oxygen atoms in total. The standard InChI is InChI=1S/C23H21N3O3/c1-3-16-6-4-7-17(13-16)25-21(27)14-26-19-12-15(2)9-10-20(19)29-22-18(23(26)28)8-5-11-24-22/h4-13H,3,14H2,1-2H3,(H,25,27). The van der Waals surface area contributed by atoms with Gasteiger partial charge in [0.2, 0.25) is 11.8 Å². The lowest BCUT2D eigenvalue weighted by atomic mass is 10.1. The second-order valence-corrected chi connectivity index (χ2v) is 6.92. The molecular formula is C23H21N3O3. The van der Waals surface area contributed by atoms with E-state index >= 15 is 0 Å². The number of pyridine rings is 1. The van der Waals surface area contributed by atoms with Crippen LogP contribution >= 0.6 is 0 Å². The van der Waals surface area contributed by atoms with Crippen molar-refractivity contribution in [3.63, 3.8) is 0 Å². The molecule has 0 atom stereocenters. The molecule has 0 aliphatic carbocycles. The normalized spacial score (nSPS) is 12.5. The number of nitrogens with one attached hydrogen (secondary N) is 1. The van der Waals surface area contributed by atoms with Crippen molar-refractivity contribution in [1.82, 2.24) is 4.98 Å². The summed E-state index contributed by atoms with van der Waals surface area (Å²) in [6.07, 6.45) is 2.45. The number of nitrogens with zero attached hydrogens (tertiary/aromatic N) is 2. The molecule has 0 unspecified atom stereocenters. The fourth-order valence-corrected chi connectivity index (χ4v) is 3.29. The first kappa shape index (κ1) is 18.7. The van der Waals surface area contributed by atoms with Crippen molar-refractivity contribution < 1.29 is 14.3 Å². The molecule has 0 saturated carbocycles. The van der Waals surface area contributed by atoms with Gasteiger partial charge in [-0.05, 0) is 60.9 Å². The van der Waals surface area contributed by atoms with E-state index in [1.54, 1.807) is 24.4 Å². The zero-order valence-electron chi connectivity index (χ0n) is 16.3. The third-order valence-electron chi connectivity index (χ3n) is 4.78. The van der Waals surface area contributed by atoms with Crippen LogP contribution in [0.4, 0.5) is 11.4 Å². The van der Waals surface area contributed by atoms with Crippen LogP contribution in [0.2, 0.25) is 0 Å². The number of carbonyl (C=O) groups excluding carboxylic acids is 2. The van der Waals surface area contributed by atoms with Gasteiger partial charge in [-0.3, -0.25) is 14.5 Å². The lowest BCUT2D eigenvalue weighted by molar-refractivity contribution is -0.114. The number of aromatic nitrogens is 1. The average Bonchev–Trinajstić information content (AvgIpc) is 2.83. The Balaban J connectivity index is 1.66. The van der Waals surface area contributed by atoms with Crippen LogP contribution in [-0.4, -0.2) is 23.3 Å². The maximum absolute atomic E-state index is 13.2. The van der Waals surface area contributed by atoms with E-state index in [9.17, 15) is 9.59 Å². The van der Waals surface area contributed by atoms with Crippen LogP contribution in [0.25, 0.3) is 0 Å². The summed E-state index contributed by atoms with van der Waals surface area (Å²) in [5.74, 6) is 0.115. The molecule has 2 aromatic carbocycles. The number of hydrogen-bond donors (Lipinski definition) is 1. The van der Waals surface area contributed by atoms with Crippen LogP contribution in [0.1, 0.15) is 28.4 Å². The lowest BCUT2D eigenvalue weighted by Crippen LogP contribution is -2.37. The van der Waals surface area contributed by atoms with E-state index in [1.165, 1.54) is 4.90 Å². The maximum Gasteiger partial charge on any atom is 0.264 e. The predicted octanol–water partition coefficient (Wildman–Crippen LogP) is 4.34. The van der Waals surface area contributed by atoms with Crippen molar-refractivity contribution >= 4 is 23.2 Å². The minimum atomic E-state index is -0.324. The van der Waals surface area contributed by atoms with Crippen molar-refractivity contribution in [3.05, 3.63) is 77.5 Å². The highest BCUT2D eigenvalue weighted by Gasteiger charge is 2.30. The van der Waals surface area contributed by atoms with E-state index in [0.29, 0.717) is 22.7 Å². The molecule has 2 amide bonds. The number of hydrogen-bond acceptors (Lipinski definition) is 4. The molecule has 0 fully saturated rings. The second kappa shape index (κ2) is 7.75. The van der Waals surface area contributed by atoms with Gasteiger partial charge in [-0.25, -0.2) is 4.98 Å². The van der Waals surface area contributed by atoms with Gasteiger partial charge in [-0.15, -0.1) is 0 Å². The molecule has 0 spiro atoms. The number of ether oxygens (including phenoxy) is 1. The van der Waals surface area contributed by atoms with Crippen molar-refractivity contribution in [3.8, 4) is 11.6 Å². The Morgan fingerprint density at radius 2 is 2.00 bits per heavy atom. The van der Waals surface area contributed by atoms with Gasteiger partial charge in [0, 0.05) is 11.9 Å². The van der Waals surface area contributed by atoms with E-state index in [2.05, 4.69) is 17.2 Å². The van der Waals surface area contributed by atoms with Gasteiger partial charge in [0.15, 0.2) is 5.75 Å². The molecule has 2 heterocycles. The van der Waals surface area contributed by atoms with E-state index in [-0.39, 0.29) is 24.2 Å². The van der Waals surface area contributed by atoms with Crippen LogP contribution in [0.5, 0.6) is 11.6 Å². The third-order valence-corrected chi connectivity index (χ3v) is 4.78. The number of aryl methyl sites for hydroxylation is 2. The number of rotatable bonds is 4. The van der Waals surface area contributed by atoms with Crippen LogP contribution in [0.3, 0.4) is 0 Å². The van der Waals surface area contributed by atoms with Crippen LogP contribution in [-0.2, 0) is 11.2 Å².